The molecule has 0 aliphatic heterocycles. The molecule has 2 rings (SSSR count). The molecule has 0 spiro atoms. The van der Waals surface area contributed by atoms with Crippen LogP contribution in [0.25, 0.3) is 0 Å². The van der Waals surface area contributed by atoms with Crippen LogP contribution in [0.15, 0.2) is 12.5 Å². The number of hydrogen-bond donors (Lipinski definition) is 1. The van der Waals surface area contributed by atoms with Gasteiger partial charge in [0.2, 0.25) is 0 Å². The molecule has 0 aromatic carbocycles. The molecule has 0 saturated heterocycles. The predicted molar refractivity (Wildman–Crippen MR) is 60.9 cm³/mol. The first-order valence-electron chi connectivity index (χ1n) is 5.21. The van der Waals surface area contributed by atoms with E-state index < -0.39 is 0 Å². The van der Waals surface area contributed by atoms with Crippen LogP contribution in [0, 0.1) is 0 Å². The van der Waals surface area contributed by atoms with E-state index in [0.717, 1.165) is 24.5 Å². The Hall–Kier alpha value is -1.34. The maximum atomic E-state index is 6.02. The average molecular weight is 238 g/mol. The van der Waals surface area contributed by atoms with Crippen molar-refractivity contribution >= 4 is 11.7 Å². The van der Waals surface area contributed by atoms with Crippen LogP contribution in [0.1, 0.15) is 30.9 Å². The van der Waals surface area contributed by atoms with Crippen LogP contribution in [-0.2, 0) is 13.0 Å². The summed E-state index contributed by atoms with van der Waals surface area (Å²) >= 11 is 1.17. The van der Waals surface area contributed by atoms with E-state index >= 15 is 0 Å². The molecule has 0 saturated carbocycles. The molecule has 1 unspecified atom stereocenters. The normalized spacial score (nSPS) is 12.9. The number of nitrogens with zero attached hydrogens (tertiary/aromatic N) is 5. The molecular weight excluding hydrogens is 224 g/mol. The van der Waals surface area contributed by atoms with Crippen molar-refractivity contribution in [2.24, 2.45) is 5.73 Å². The maximum absolute atomic E-state index is 6.02. The molecule has 0 aliphatic rings. The third kappa shape index (κ3) is 2.42. The lowest BCUT2D eigenvalue weighted by Crippen LogP contribution is -2.17. The predicted octanol–water partition coefficient (Wildman–Crippen LogP) is 0.782. The average Bonchev–Trinajstić information content (AvgIpc) is 2.90. The second kappa shape index (κ2) is 5.13. The summed E-state index contributed by atoms with van der Waals surface area (Å²) in [5.74, 6) is 0.905. The Bertz CT molecular complexity index is 423. The van der Waals surface area contributed by atoms with Crippen LogP contribution >= 0.6 is 11.7 Å². The number of nitrogens with two attached hydrogens (primary N) is 1. The van der Waals surface area contributed by atoms with Gasteiger partial charge in [-0.05, 0) is 6.42 Å². The van der Waals surface area contributed by atoms with Crippen molar-refractivity contribution in [2.45, 2.75) is 32.4 Å². The van der Waals surface area contributed by atoms with Crippen molar-refractivity contribution < 1.29 is 0 Å². The minimum Gasteiger partial charge on any atom is -0.322 e. The van der Waals surface area contributed by atoms with Gasteiger partial charge in [-0.15, -0.1) is 0 Å². The molecule has 0 fully saturated rings. The van der Waals surface area contributed by atoms with Crippen molar-refractivity contribution in [3.05, 3.63) is 24.0 Å². The Morgan fingerprint density at radius 3 is 3.12 bits per heavy atom. The van der Waals surface area contributed by atoms with Gasteiger partial charge in [-0.25, -0.2) is 4.98 Å². The SMILES string of the molecule is CCCn1ncnc1CC(N)c1cnsn1. The summed E-state index contributed by atoms with van der Waals surface area (Å²) in [6, 6.07) is -0.154. The lowest BCUT2D eigenvalue weighted by Gasteiger charge is -2.08. The van der Waals surface area contributed by atoms with Crippen LogP contribution < -0.4 is 5.73 Å². The van der Waals surface area contributed by atoms with E-state index in [1.807, 2.05) is 4.68 Å². The molecule has 0 bridgehead atoms. The van der Waals surface area contributed by atoms with Crippen molar-refractivity contribution in [1.82, 2.24) is 23.5 Å². The Morgan fingerprint density at radius 2 is 2.44 bits per heavy atom. The standard InChI is InChI=1S/C9H14N6S/c1-2-3-15-9(11-6-12-15)4-7(10)8-5-13-16-14-8/h5-7H,2-4,10H2,1H3. The summed E-state index contributed by atoms with van der Waals surface area (Å²) in [5.41, 5.74) is 6.83. The lowest BCUT2D eigenvalue weighted by molar-refractivity contribution is 0.546. The first kappa shape index (κ1) is 11.2. The smallest absolute Gasteiger partial charge is 0.138 e. The highest BCUT2D eigenvalue weighted by atomic mass is 32.1. The molecule has 2 aromatic rings. The second-order valence-corrected chi connectivity index (χ2v) is 4.10. The number of aromatic nitrogens is 5. The highest BCUT2D eigenvalue weighted by Crippen LogP contribution is 2.12. The van der Waals surface area contributed by atoms with E-state index in [9.17, 15) is 0 Å². The molecule has 1 atom stereocenters. The van der Waals surface area contributed by atoms with Gasteiger partial charge in [-0.2, -0.15) is 13.8 Å². The third-order valence-corrected chi connectivity index (χ3v) is 2.78. The van der Waals surface area contributed by atoms with Gasteiger partial charge in [-0.1, -0.05) is 6.92 Å². The fourth-order valence-electron chi connectivity index (χ4n) is 1.48. The Labute approximate surface area is 97.8 Å². The molecule has 16 heavy (non-hydrogen) atoms. The molecule has 7 heteroatoms. The molecule has 0 amide bonds. The summed E-state index contributed by atoms with van der Waals surface area (Å²) in [6.07, 6.45) is 4.95. The Kier molecular flexibility index (Phi) is 3.58. The fraction of sp³-hybridized carbons (Fsp3) is 0.556. The van der Waals surface area contributed by atoms with E-state index in [1.165, 1.54) is 11.7 Å². The number of aryl methyl sites for hydroxylation is 1. The van der Waals surface area contributed by atoms with E-state index in [1.54, 1.807) is 12.5 Å². The maximum Gasteiger partial charge on any atom is 0.138 e. The van der Waals surface area contributed by atoms with Crippen LogP contribution in [-0.4, -0.2) is 23.5 Å². The van der Waals surface area contributed by atoms with Gasteiger partial charge in [0.05, 0.1) is 29.7 Å². The number of hydrogen-bond acceptors (Lipinski definition) is 6. The van der Waals surface area contributed by atoms with Crippen molar-refractivity contribution in [3.63, 3.8) is 0 Å². The highest BCUT2D eigenvalue weighted by Gasteiger charge is 2.13. The summed E-state index contributed by atoms with van der Waals surface area (Å²) in [6.45, 7) is 2.98. The Balaban J connectivity index is 2.06. The summed E-state index contributed by atoms with van der Waals surface area (Å²) in [7, 11) is 0. The molecule has 2 aromatic heterocycles. The van der Waals surface area contributed by atoms with Crippen molar-refractivity contribution in [3.8, 4) is 0 Å². The van der Waals surface area contributed by atoms with Crippen LogP contribution in [0.5, 0.6) is 0 Å². The van der Waals surface area contributed by atoms with E-state index in [2.05, 4.69) is 25.8 Å². The monoisotopic (exact) mass is 238 g/mol. The summed E-state index contributed by atoms with van der Waals surface area (Å²) in [4.78, 5) is 4.21. The third-order valence-electron chi connectivity index (χ3n) is 2.29. The molecule has 2 heterocycles. The fourth-order valence-corrected chi connectivity index (χ4v) is 1.96. The summed E-state index contributed by atoms with van der Waals surface area (Å²) < 4.78 is 9.95. The first-order valence-corrected chi connectivity index (χ1v) is 5.94. The van der Waals surface area contributed by atoms with Gasteiger partial charge < -0.3 is 5.73 Å². The van der Waals surface area contributed by atoms with Crippen molar-refractivity contribution in [1.29, 1.82) is 0 Å². The second-order valence-electron chi connectivity index (χ2n) is 3.54. The lowest BCUT2D eigenvalue weighted by atomic mass is 10.1. The van der Waals surface area contributed by atoms with E-state index in [-0.39, 0.29) is 6.04 Å². The molecule has 2 N–H and O–H groups in total. The largest absolute Gasteiger partial charge is 0.322 e. The zero-order valence-corrected chi connectivity index (χ0v) is 9.89. The first-order chi connectivity index (χ1) is 7.81. The minimum absolute atomic E-state index is 0.154. The van der Waals surface area contributed by atoms with E-state index in [0.29, 0.717) is 6.42 Å². The molecule has 0 aliphatic carbocycles. The van der Waals surface area contributed by atoms with Crippen LogP contribution in [0.4, 0.5) is 0 Å². The van der Waals surface area contributed by atoms with Gasteiger partial charge >= 0.3 is 0 Å². The van der Waals surface area contributed by atoms with Gasteiger partial charge in [0, 0.05) is 13.0 Å². The van der Waals surface area contributed by atoms with Gasteiger partial charge in [-0.3, -0.25) is 4.68 Å². The summed E-state index contributed by atoms with van der Waals surface area (Å²) in [5, 5.41) is 4.16. The molecule has 6 nitrogen and oxygen atoms in total. The quantitative estimate of drug-likeness (QED) is 0.832. The van der Waals surface area contributed by atoms with Gasteiger partial charge in [0.1, 0.15) is 12.2 Å². The van der Waals surface area contributed by atoms with Gasteiger partial charge in [0.15, 0.2) is 0 Å². The van der Waals surface area contributed by atoms with Crippen LogP contribution in [0.2, 0.25) is 0 Å². The molecule has 0 radical (unpaired) electrons. The van der Waals surface area contributed by atoms with E-state index in [4.69, 9.17) is 5.73 Å². The number of rotatable bonds is 5. The van der Waals surface area contributed by atoms with Gasteiger partial charge in [0.25, 0.3) is 0 Å². The zero-order valence-electron chi connectivity index (χ0n) is 9.08. The van der Waals surface area contributed by atoms with Crippen molar-refractivity contribution in [2.75, 3.05) is 0 Å². The zero-order chi connectivity index (χ0) is 11.4. The minimum atomic E-state index is -0.154. The highest BCUT2D eigenvalue weighted by molar-refractivity contribution is 6.99. The molecular formula is C9H14N6S. The van der Waals surface area contributed by atoms with Crippen LogP contribution in [0.3, 0.4) is 0 Å². The Morgan fingerprint density at radius 1 is 1.56 bits per heavy atom. The topological polar surface area (TPSA) is 82.5 Å². The molecule has 86 valence electrons.